The largest absolute Gasteiger partial charge is 0.382 e. The van der Waals surface area contributed by atoms with E-state index in [1.807, 2.05) is 32.3 Å². The highest BCUT2D eigenvalue weighted by atomic mass is 16.1. The van der Waals surface area contributed by atoms with Crippen molar-refractivity contribution in [2.24, 2.45) is 0 Å². The van der Waals surface area contributed by atoms with Gasteiger partial charge in [-0.1, -0.05) is 0 Å². The average molecular weight is 261 g/mol. The van der Waals surface area contributed by atoms with Crippen molar-refractivity contribution in [3.05, 3.63) is 29.3 Å². The molecule has 104 valence electrons. The third-order valence-corrected chi connectivity index (χ3v) is 3.38. The first-order chi connectivity index (χ1) is 9.06. The lowest BCUT2D eigenvalue weighted by Gasteiger charge is -2.10. The van der Waals surface area contributed by atoms with Gasteiger partial charge in [0.2, 0.25) is 0 Å². The van der Waals surface area contributed by atoms with Crippen molar-refractivity contribution >= 4 is 11.5 Å². The molecule has 1 heterocycles. The molecule has 4 heteroatoms. The van der Waals surface area contributed by atoms with Gasteiger partial charge in [-0.05, 0) is 51.2 Å². The molecule has 0 bridgehead atoms. The normalized spacial score (nSPS) is 17.4. The molecule has 1 aromatic rings. The number of nitrogens with zero attached hydrogens (tertiary/aromatic N) is 1. The minimum atomic E-state index is 0.168. The summed E-state index contributed by atoms with van der Waals surface area (Å²) in [5.74, 6) is 0.168. The van der Waals surface area contributed by atoms with E-state index in [4.69, 9.17) is 0 Å². The van der Waals surface area contributed by atoms with E-state index in [1.54, 1.807) is 0 Å². The molecule has 0 radical (unpaired) electrons. The van der Waals surface area contributed by atoms with Gasteiger partial charge in [0.05, 0.1) is 6.54 Å². The Balaban J connectivity index is 1.88. The number of ketones is 1. The zero-order chi connectivity index (χ0) is 13.8. The fourth-order valence-corrected chi connectivity index (χ4v) is 2.33. The lowest BCUT2D eigenvalue weighted by Crippen LogP contribution is -2.30. The quantitative estimate of drug-likeness (QED) is 0.600. The Labute approximate surface area is 115 Å². The molecule has 0 aromatic heterocycles. The lowest BCUT2D eigenvalue weighted by atomic mass is 10.0. The van der Waals surface area contributed by atoms with Gasteiger partial charge < -0.3 is 15.5 Å². The predicted octanol–water partition coefficient (Wildman–Crippen LogP) is 1.38. The van der Waals surface area contributed by atoms with E-state index in [0.717, 1.165) is 25.1 Å². The molecule has 1 atom stereocenters. The summed E-state index contributed by atoms with van der Waals surface area (Å²) in [6, 6.07) is 6.44. The van der Waals surface area contributed by atoms with E-state index in [9.17, 15) is 4.79 Å². The van der Waals surface area contributed by atoms with Crippen molar-refractivity contribution in [2.75, 3.05) is 39.0 Å². The fraction of sp³-hybridized carbons (Fsp3) is 0.533. The van der Waals surface area contributed by atoms with Gasteiger partial charge in [-0.25, -0.2) is 0 Å². The molecule has 1 aromatic carbocycles. The van der Waals surface area contributed by atoms with E-state index in [-0.39, 0.29) is 5.78 Å². The number of carbonyl (C=O) groups excluding carboxylic acids is 1. The number of anilines is 1. The predicted molar refractivity (Wildman–Crippen MR) is 79.0 cm³/mol. The highest BCUT2D eigenvalue weighted by Crippen LogP contribution is 2.26. The summed E-state index contributed by atoms with van der Waals surface area (Å²) in [6.45, 7) is 4.35. The Kier molecular flexibility index (Phi) is 4.56. The van der Waals surface area contributed by atoms with E-state index >= 15 is 0 Å². The van der Waals surface area contributed by atoms with Crippen LogP contribution in [0.25, 0.3) is 0 Å². The van der Waals surface area contributed by atoms with Crippen LogP contribution in [0.4, 0.5) is 5.69 Å². The number of fused-ring (bicyclic) bond motifs is 1. The highest BCUT2D eigenvalue weighted by molar-refractivity contribution is 5.98. The number of rotatable bonds is 6. The Morgan fingerprint density at radius 3 is 3.00 bits per heavy atom. The van der Waals surface area contributed by atoms with Gasteiger partial charge in [0.1, 0.15) is 0 Å². The minimum Gasteiger partial charge on any atom is -0.382 e. The van der Waals surface area contributed by atoms with E-state index in [2.05, 4.69) is 22.5 Å². The van der Waals surface area contributed by atoms with Crippen LogP contribution in [0.5, 0.6) is 0 Å². The topological polar surface area (TPSA) is 44.4 Å². The molecule has 0 saturated carbocycles. The highest BCUT2D eigenvalue weighted by Gasteiger charge is 2.18. The molecule has 1 aliphatic rings. The van der Waals surface area contributed by atoms with Gasteiger partial charge >= 0.3 is 0 Å². The molecule has 1 aliphatic heterocycles. The molecular weight excluding hydrogens is 238 g/mol. The zero-order valence-electron chi connectivity index (χ0n) is 12.0. The maximum Gasteiger partial charge on any atom is 0.176 e. The molecule has 0 fully saturated rings. The number of carbonyl (C=O) groups is 1. The van der Waals surface area contributed by atoms with Crippen LogP contribution in [0.3, 0.4) is 0 Å². The Morgan fingerprint density at radius 2 is 2.26 bits per heavy atom. The van der Waals surface area contributed by atoms with Gasteiger partial charge in [-0.3, -0.25) is 4.79 Å². The summed E-state index contributed by atoms with van der Waals surface area (Å²) in [5, 5.41) is 6.58. The Morgan fingerprint density at radius 1 is 1.47 bits per heavy atom. The average Bonchev–Trinajstić information content (AvgIpc) is 2.73. The van der Waals surface area contributed by atoms with Crippen LogP contribution in [0.2, 0.25) is 0 Å². The number of likely N-dealkylation sites (N-methyl/N-ethyl adjacent to an activating group) is 1. The van der Waals surface area contributed by atoms with Crippen molar-refractivity contribution in [2.45, 2.75) is 19.4 Å². The molecule has 2 rings (SSSR count). The molecule has 4 nitrogen and oxygen atoms in total. The maximum atomic E-state index is 12.1. The van der Waals surface area contributed by atoms with Crippen LogP contribution in [0.15, 0.2) is 18.2 Å². The first-order valence-corrected chi connectivity index (χ1v) is 6.84. The molecule has 0 amide bonds. The van der Waals surface area contributed by atoms with E-state index in [1.165, 1.54) is 11.3 Å². The van der Waals surface area contributed by atoms with Crippen LogP contribution >= 0.6 is 0 Å². The number of benzene rings is 1. The monoisotopic (exact) mass is 261 g/mol. The summed E-state index contributed by atoms with van der Waals surface area (Å²) in [7, 11) is 4.05. The maximum absolute atomic E-state index is 12.1. The lowest BCUT2D eigenvalue weighted by molar-refractivity contribution is 0.0990. The summed E-state index contributed by atoms with van der Waals surface area (Å²) in [4.78, 5) is 14.2. The Bertz CT molecular complexity index is 457. The van der Waals surface area contributed by atoms with Crippen molar-refractivity contribution in [1.82, 2.24) is 10.2 Å². The molecule has 0 saturated heterocycles. The Hall–Kier alpha value is -1.39. The van der Waals surface area contributed by atoms with Crippen LogP contribution in [-0.4, -0.2) is 50.5 Å². The van der Waals surface area contributed by atoms with Crippen LogP contribution in [0.1, 0.15) is 22.8 Å². The third kappa shape index (κ3) is 3.78. The number of nitrogens with one attached hydrogen (secondary N) is 2. The first kappa shape index (κ1) is 14.0. The summed E-state index contributed by atoms with van der Waals surface area (Å²) >= 11 is 0. The van der Waals surface area contributed by atoms with Crippen LogP contribution < -0.4 is 10.6 Å². The van der Waals surface area contributed by atoms with Crippen molar-refractivity contribution in [3.63, 3.8) is 0 Å². The van der Waals surface area contributed by atoms with Crippen LogP contribution in [0, 0.1) is 0 Å². The van der Waals surface area contributed by atoms with Crippen molar-refractivity contribution in [3.8, 4) is 0 Å². The molecular formula is C15H23N3O. The van der Waals surface area contributed by atoms with Gasteiger partial charge in [-0.15, -0.1) is 0 Å². The second-order valence-electron chi connectivity index (χ2n) is 5.52. The van der Waals surface area contributed by atoms with Gasteiger partial charge in [0, 0.05) is 30.4 Å². The van der Waals surface area contributed by atoms with Gasteiger partial charge in [-0.2, -0.15) is 0 Å². The number of Topliss-reactive ketones (excluding diaryl/α,β-unsaturated/α-hetero) is 1. The van der Waals surface area contributed by atoms with Gasteiger partial charge in [0.15, 0.2) is 5.78 Å². The van der Waals surface area contributed by atoms with E-state index in [0.29, 0.717) is 12.6 Å². The first-order valence-electron chi connectivity index (χ1n) is 6.84. The zero-order valence-corrected chi connectivity index (χ0v) is 12.0. The molecule has 1 unspecified atom stereocenters. The smallest absolute Gasteiger partial charge is 0.176 e. The SMILES string of the molecule is CC1Cc2cc(C(=O)CNCCN(C)C)ccc2N1. The second kappa shape index (κ2) is 6.17. The van der Waals surface area contributed by atoms with Crippen molar-refractivity contribution in [1.29, 1.82) is 0 Å². The van der Waals surface area contributed by atoms with E-state index < -0.39 is 0 Å². The molecule has 0 spiro atoms. The second-order valence-corrected chi connectivity index (χ2v) is 5.52. The number of hydrogen-bond donors (Lipinski definition) is 2. The van der Waals surface area contributed by atoms with Gasteiger partial charge in [0.25, 0.3) is 0 Å². The molecule has 19 heavy (non-hydrogen) atoms. The third-order valence-electron chi connectivity index (χ3n) is 3.38. The molecule has 0 aliphatic carbocycles. The fourth-order valence-electron chi connectivity index (χ4n) is 2.33. The molecule has 2 N–H and O–H groups in total. The summed E-state index contributed by atoms with van der Waals surface area (Å²) < 4.78 is 0. The summed E-state index contributed by atoms with van der Waals surface area (Å²) in [6.07, 6.45) is 1.00. The standard InChI is InChI=1S/C15H23N3O/c1-11-8-13-9-12(4-5-14(13)17-11)15(19)10-16-6-7-18(2)3/h4-5,9,11,16-17H,6-8,10H2,1-3H3. The van der Waals surface area contributed by atoms with Crippen LogP contribution in [-0.2, 0) is 6.42 Å². The van der Waals surface area contributed by atoms with Crippen molar-refractivity contribution < 1.29 is 4.79 Å². The minimum absolute atomic E-state index is 0.168. The number of hydrogen-bond acceptors (Lipinski definition) is 4. The summed E-state index contributed by atoms with van der Waals surface area (Å²) in [5.41, 5.74) is 3.24.